The molecule has 7 heteroatoms. The average molecular weight is 344 g/mol. The zero-order valence-corrected chi connectivity index (χ0v) is 13.6. The van der Waals surface area contributed by atoms with Crippen molar-refractivity contribution in [1.29, 1.82) is 0 Å². The van der Waals surface area contributed by atoms with Crippen LogP contribution in [0.3, 0.4) is 0 Å². The highest BCUT2D eigenvalue weighted by atomic mass is 19.1. The number of carbonyl (C=O) groups is 3. The lowest BCUT2D eigenvalue weighted by Gasteiger charge is -2.17. The van der Waals surface area contributed by atoms with Crippen LogP contribution in [0.4, 0.5) is 10.1 Å². The normalized spacial score (nSPS) is 10.0. The van der Waals surface area contributed by atoms with E-state index in [9.17, 15) is 18.8 Å². The van der Waals surface area contributed by atoms with E-state index in [4.69, 9.17) is 4.74 Å². The molecule has 0 aliphatic heterocycles. The van der Waals surface area contributed by atoms with Gasteiger partial charge in [0.05, 0.1) is 0 Å². The Balaban J connectivity index is 1.77. The lowest BCUT2D eigenvalue weighted by Crippen LogP contribution is -2.34. The van der Waals surface area contributed by atoms with E-state index >= 15 is 0 Å². The maximum absolute atomic E-state index is 13.0. The molecule has 0 aromatic heterocycles. The summed E-state index contributed by atoms with van der Waals surface area (Å²) in [6, 6.07) is 14.0. The van der Waals surface area contributed by atoms with Gasteiger partial charge < -0.3 is 15.0 Å². The number of amides is 2. The summed E-state index contributed by atoms with van der Waals surface area (Å²) in [7, 11) is 1.57. The predicted molar refractivity (Wildman–Crippen MR) is 89.5 cm³/mol. The fraction of sp³-hybridized carbons (Fsp3) is 0.167. The SMILES string of the molecule is CN(C(=O)COC(=O)CNC(=O)c1cccc(F)c1)c1ccccc1. The second-order valence-electron chi connectivity index (χ2n) is 5.14. The fourth-order valence-corrected chi connectivity index (χ4v) is 1.97. The molecule has 6 nitrogen and oxygen atoms in total. The van der Waals surface area contributed by atoms with E-state index in [0.717, 1.165) is 6.07 Å². The molecule has 2 amide bonds. The second-order valence-corrected chi connectivity index (χ2v) is 5.14. The van der Waals surface area contributed by atoms with E-state index in [1.165, 1.54) is 23.1 Å². The maximum atomic E-state index is 13.0. The average Bonchev–Trinajstić information content (AvgIpc) is 2.64. The van der Waals surface area contributed by atoms with E-state index in [1.54, 1.807) is 31.3 Å². The maximum Gasteiger partial charge on any atom is 0.325 e. The summed E-state index contributed by atoms with van der Waals surface area (Å²) in [5.74, 6) is -2.33. The van der Waals surface area contributed by atoms with E-state index < -0.39 is 36.8 Å². The number of hydrogen-bond acceptors (Lipinski definition) is 4. The van der Waals surface area contributed by atoms with Crippen LogP contribution in [0.25, 0.3) is 0 Å². The van der Waals surface area contributed by atoms with Crippen LogP contribution in [0.15, 0.2) is 54.6 Å². The summed E-state index contributed by atoms with van der Waals surface area (Å²) < 4.78 is 17.9. The van der Waals surface area contributed by atoms with Crippen LogP contribution >= 0.6 is 0 Å². The van der Waals surface area contributed by atoms with Crippen LogP contribution < -0.4 is 10.2 Å². The Morgan fingerprint density at radius 2 is 1.80 bits per heavy atom. The Bertz CT molecular complexity index is 765. The number of anilines is 1. The molecule has 0 bridgehead atoms. The van der Waals surface area contributed by atoms with Gasteiger partial charge >= 0.3 is 5.97 Å². The van der Waals surface area contributed by atoms with Gasteiger partial charge in [0.2, 0.25) is 0 Å². The van der Waals surface area contributed by atoms with Gasteiger partial charge in [0.15, 0.2) is 6.61 Å². The number of ether oxygens (including phenoxy) is 1. The first-order valence-electron chi connectivity index (χ1n) is 7.48. The van der Waals surface area contributed by atoms with Crippen molar-refractivity contribution in [2.45, 2.75) is 0 Å². The predicted octanol–water partition coefficient (Wildman–Crippen LogP) is 1.76. The van der Waals surface area contributed by atoms with Crippen LogP contribution in [-0.2, 0) is 14.3 Å². The van der Waals surface area contributed by atoms with Gasteiger partial charge in [-0.15, -0.1) is 0 Å². The van der Waals surface area contributed by atoms with Gasteiger partial charge in [-0.25, -0.2) is 4.39 Å². The highest BCUT2D eigenvalue weighted by Gasteiger charge is 2.14. The third kappa shape index (κ3) is 5.42. The standard InChI is InChI=1S/C18H17FN2O4/c1-21(15-8-3-2-4-9-15)16(22)12-25-17(23)11-20-18(24)13-6-5-7-14(19)10-13/h2-10H,11-12H2,1H3,(H,20,24). The summed E-state index contributed by atoms with van der Waals surface area (Å²) >= 11 is 0. The summed E-state index contributed by atoms with van der Waals surface area (Å²) in [5, 5.41) is 2.31. The first-order chi connectivity index (χ1) is 12.0. The molecule has 2 rings (SSSR count). The van der Waals surface area contributed by atoms with Crippen LogP contribution in [0.2, 0.25) is 0 Å². The number of halogens is 1. The zero-order valence-electron chi connectivity index (χ0n) is 13.6. The molecular weight excluding hydrogens is 327 g/mol. The largest absolute Gasteiger partial charge is 0.454 e. The Hall–Kier alpha value is -3.22. The van der Waals surface area contributed by atoms with Crippen molar-refractivity contribution >= 4 is 23.5 Å². The number of carbonyl (C=O) groups excluding carboxylic acids is 3. The minimum atomic E-state index is -0.764. The van der Waals surface area contributed by atoms with E-state index in [2.05, 4.69) is 5.32 Å². The molecule has 0 aliphatic carbocycles. The van der Waals surface area contributed by atoms with Gasteiger partial charge in [-0.05, 0) is 30.3 Å². The number of hydrogen-bond donors (Lipinski definition) is 1. The van der Waals surface area contributed by atoms with E-state index in [1.807, 2.05) is 6.07 Å². The van der Waals surface area contributed by atoms with Gasteiger partial charge in [-0.2, -0.15) is 0 Å². The monoisotopic (exact) mass is 344 g/mol. The zero-order chi connectivity index (χ0) is 18.2. The van der Waals surface area contributed by atoms with Gasteiger partial charge in [0.25, 0.3) is 11.8 Å². The molecule has 2 aromatic carbocycles. The Labute approximate surface area is 144 Å². The van der Waals surface area contributed by atoms with Crippen molar-refractivity contribution in [1.82, 2.24) is 5.32 Å². The quantitative estimate of drug-likeness (QED) is 0.810. The van der Waals surface area contributed by atoms with Crippen molar-refractivity contribution in [3.8, 4) is 0 Å². The highest BCUT2D eigenvalue weighted by Crippen LogP contribution is 2.11. The summed E-state index contributed by atoms with van der Waals surface area (Å²) in [6.07, 6.45) is 0. The van der Waals surface area contributed by atoms with E-state index in [-0.39, 0.29) is 5.56 Å². The van der Waals surface area contributed by atoms with Crippen LogP contribution in [-0.4, -0.2) is 38.0 Å². The Kier molecular flexibility index (Phi) is 6.22. The molecule has 0 radical (unpaired) electrons. The van der Waals surface area contributed by atoms with Crippen molar-refractivity contribution in [3.05, 3.63) is 66.0 Å². The number of para-hydroxylation sites is 1. The van der Waals surface area contributed by atoms with Crippen molar-refractivity contribution < 1.29 is 23.5 Å². The van der Waals surface area contributed by atoms with Gasteiger partial charge in [-0.1, -0.05) is 24.3 Å². The van der Waals surface area contributed by atoms with Gasteiger partial charge in [-0.3, -0.25) is 14.4 Å². The first-order valence-corrected chi connectivity index (χ1v) is 7.48. The molecule has 130 valence electrons. The van der Waals surface area contributed by atoms with E-state index in [0.29, 0.717) is 5.69 Å². The lowest BCUT2D eigenvalue weighted by atomic mass is 10.2. The van der Waals surface area contributed by atoms with Crippen molar-refractivity contribution in [2.24, 2.45) is 0 Å². The smallest absolute Gasteiger partial charge is 0.325 e. The number of nitrogens with one attached hydrogen (secondary N) is 1. The summed E-state index contributed by atoms with van der Waals surface area (Å²) in [4.78, 5) is 36.7. The molecule has 0 fully saturated rings. The first kappa shape index (κ1) is 18.1. The van der Waals surface area contributed by atoms with Crippen LogP contribution in [0, 0.1) is 5.82 Å². The minimum Gasteiger partial charge on any atom is -0.454 e. The fourth-order valence-electron chi connectivity index (χ4n) is 1.97. The lowest BCUT2D eigenvalue weighted by molar-refractivity contribution is -0.146. The molecule has 0 atom stereocenters. The van der Waals surface area contributed by atoms with Crippen molar-refractivity contribution in [3.63, 3.8) is 0 Å². The molecule has 0 heterocycles. The minimum absolute atomic E-state index is 0.0905. The van der Waals surface area contributed by atoms with Crippen LogP contribution in [0.1, 0.15) is 10.4 Å². The number of nitrogens with zero attached hydrogens (tertiary/aromatic N) is 1. The Morgan fingerprint density at radius 1 is 1.08 bits per heavy atom. The molecule has 25 heavy (non-hydrogen) atoms. The topological polar surface area (TPSA) is 75.7 Å². The van der Waals surface area contributed by atoms with Crippen LogP contribution in [0.5, 0.6) is 0 Å². The van der Waals surface area contributed by atoms with Gasteiger partial charge in [0, 0.05) is 18.3 Å². The summed E-state index contributed by atoms with van der Waals surface area (Å²) in [5.41, 5.74) is 0.760. The molecule has 0 spiro atoms. The molecule has 0 unspecified atom stereocenters. The molecular formula is C18H17FN2O4. The molecule has 0 aliphatic rings. The molecule has 0 saturated heterocycles. The third-order valence-electron chi connectivity index (χ3n) is 3.35. The van der Waals surface area contributed by atoms with Crippen molar-refractivity contribution in [2.75, 3.05) is 25.1 Å². The number of likely N-dealkylation sites (N-methyl/N-ethyl adjacent to an activating group) is 1. The number of esters is 1. The number of benzene rings is 2. The Morgan fingerprint density at radius 3 is 2.48 bits per heavy atom. The second kappa shape index (κ2) is 8.58. The van der Waals surface area contributed by atoms with Gasteiger partial charge in [0.1, 0.15) is 12.4 Å². The molecule has 2 aromatic rings. The molecule has 0 saturated carbocycles. The highest BCUT2D eigenvalue weighted by molar-refractivity contribution is 5.97. The number of rotatable bonds is 6. The summed E-state index contributed by atoms with van der Waals surface area (Å²) in [6.45, 7) is -0.863. The molecule has 1 N–H and O–H groups in total. The third-order valence-corrected chi connectivity index (χ3v) is 3.35.